The molecule has 0 bridgehead atoms. The van der Waals surface area contributed by atoms with Gasteiger partial charge in [-0.05, 0) is 48.0 Å². The van der Waals surface area contributed by atoms with Crippen LogP contribution in [-0.2, 0) is 11.3 Å². The van der Waals surface area contributed by atoms with Crippen LogP contribution in [-0.4, -0.2) is 89.5 Å². The molecule has 0 unspecified atom stereocenters. The van der Waals surface area contributed by atoms with E-state index < -0.39 is 0 Å². The smallest absolute Gasteiger partial charge is 0.246 e. The maximum atomic E-state index is 13.0. The van der Waals surface area contributed by atoms with E-state index in [9.17, 15) is 4.79 Å². The highest BCUT2D eigenvalue weighted by Crippen LogP contribution is 2.41. The number of hydrogen-bond acceptors (Lipinski definition) is 9. The molecule has 0 radical (unpaired) electrons. The number of nitrogens with zero attached hydrogens (tertiary/aromatic N) is 3. The van der Waals surface area contributed by atoms with Gasteiger partial charge in [0.15, 0.2) is 23.0 Å². The van der Waals surface area contributed by atoms with Crippen LogP contribution in [0.4, 0.5) is 0 Å². The van der Waals surface area contributed by atoms with Crippen molar-refractivity contribution in [2.45, 2.75) is 6.54 Å². The predicted octanol–water partition coefficient (Wildman–Crippen LogP) is 4.16. The lowest BCUT2D eigenvalue weighted by Gasteiger charge is -2.34. The molecule has 2 heterocycles. The third kappa shape index (κ3) is 6.66. The highest BCUT2D eigenvalue weighted by atomic mass is 16.5. The van der Waals surface area contributed by atoms with Crippen LogP contribution < -0.4 is 28.4 Å². The third-order valence-electron chi connectivity index (χ3n) is 7.02. The molecular weight excluding hydrogens is 526 g/mol. The maximum Gasteiger partial charge on any atom is 0.246 e. The van der Waals surface area contributed by atoms with E-state index >= 15 is 0 Å². The van der Waals surface area contributed by atoms with Gasteiger partial charge in [-0.15, -0.1) is 0 Å². The van der Waals surface area contributed by atoms with Gasteiger partial charge in [-0.2, -0.15) is 0 Å². The standard InChI is InChI=1S/C31H37N3O7/c1-36-25-9-7-22(29(39-4)31(25)41-6)8-10-28(35)34-15-13-33(14-16-34)20-21-11-12-32-24(17-21)23-18-26(37-2)30(40-5)27(19-23)38-3/h7-12,17-19H,13-16,20H2,1-6H3/b10-8+. The first-order chi connectivity index (χ1) is 20.0. The molecule has 1 aliphatic heterocycles. The zero-order chi connectivity index (χ0) is 29.4. The number of amides is 1. The Hall–Kier alpha value is -4.44. The Kier molecular flexibility index (Phi) is 9.91. The molecule has 1 aliphatic rings. The van der Waals surface area contributed by atoms with Gasteiger partial charge in [0.05, 0.1) is 48.4 Å². The van der Waals surface area contributed by atoms with Crippen LogP contribution in [0.15, 0.2) is 48.7 Å². The van der Waals surface area contributed by atoms with Gasteiger partial charge in [-0.3, -0.25) is 14.7 Å². The number of pyridine rings is 1. The lowest BCUT2D eigenvalue weighted by atomic mass is 10.1. The first-order valence-electron chi connectivity index (χ1n) is 13.2. The third-order valence-corrected chi connectivity index (χ3v) is 7.02. The summed E-state index contributed by atoms with van der Waals surface area (Å²) in [5.41, 5.74) is 3.54. The molecule has 3 aromatic rings. The fourth-order valence-corrected chi connectivity index (χ4v) is 4.87. The number of piperazine rings is 1. The summed E-state index contributed by atoms with van der Waals surface area (Å²) >= 11 is 0. The van der Waals surface area contributed by atoms with E-state index in [0.29, 0.717) is 47.6 Å². The van der Waals surface area contributed by atoms with Gasteiger partial charge >= 0.3 is 0 Å². The molecular formula is C31H37N3O7. The van der Waals surface area contributed by atoms with Gasteiger partial charge in [-0.1, -0.05) is 0 Å². The Balaban J connectivity index is 1.39. The normalized spacial score (nSPS) is 13.7. The first-order valence-corrected chi connectivity index (χ1v) is 13.2. The molecule has 1 amide bonds. The van der Waals surface area contributed by atoms with Crippen molar-refractivity contribution in [3.8, 4) is 45.8 Å². The number of carbonyl (C=O) groups excluding carboxylic acids is 1. The van der Waals surface area contributed by atoms with Gasteiger partial charge in [0.25, 0.3) is 0 Å². The molecule has 1 aromatic heterocycles. The molecule has 4 rings (SSSR count). The van der Waals surface area contributed by atoms with E-state index in [1.807, 2.05) is 29.2 Å². The van der Waals surface area contributed by atoms with Crippen LogP contribution in [0.3, 0.4) is 0 Å². The summed E-state index contributed by atoms with van der Waals surface area (Å²) in [5, 5.41) is 0. The van der Waals surface area contributed by atoms with Crippen molar-refractivity contribution in [1.82, 2.24) is 14.8 Å². The fourth-order valence-electron chi connectivity index (χ4n) is 4.87. The molecule has 0 aliphatic carbocycles. The summed E-state index contributed by atoms with van der Waals surface area (Å²) in [6.45, 7) is 3.55. The number of methoxy groups -OCH3 is 6. The minimum Gasteiger partial charge on any atom is -0.493 e. The number of benzene rings is 2. The van der Waals surface area contributed by atoms with Crippen molar-refractivity contribution < 1.29 is 33.2 Å². The fraction of sp³-hybridized carbons (Fsp3) is 0.355. The Bertz CT molecular complexity index is 1360. The second kappa shape index (κ2) is 13.8. The number of hydrogen-bond donors (Lipinski definition) is 0. The van der Waals surface area contributed by atoms with Gasteiger partial charge in [0.1, 0.15) is 0 Å². The number of aromatic nitrogens is 1. The van der Waals surface area contributed by atoms with Crippen LogP contribution in [0.5, 0.6) is 34.5 Å². The SMILES string of the molecule is COc1cc(-c2cc(CN3CCN(C(=O)/C=C/c4ccc(OC)c(OC)c4OC)CC3)ccn2)cc(OC)c1OC. The second-order valence-corrected chi connectivity index (χ2v) is 9.32. The van der Waals surface area contributed by atoms with E-state index in [1.165, 1.54) is 0 Å². The molecule has 10 heteroatoms. The molecule has 0 spiro atoms. The lowest BCUT2D eigenvalue weighted by Crippen LogP contribution is -2.47. The average molecular weight is 564 g/mol. The summed E-state index contributed by atoms with van der Waals surface area (Å²) in [5.74, 6) is 3.22. The molecule has 1 fully saturated rings. The Labute approximate surface area is 241 Å². The van der Waals surface area contributed by atoms with Gasteiger partial charge in [0.2, 0.25) is 17.4 Å². The molecule has 218 valence electrons. The molecule has 41 heavy (non-hydrogen) atoms. The van der Waals surface area contributed by atoms with E-state index in [4.69, 9.17) is 28.4 Å². The van der Waals surface area contributed by atoms with Gasteiger partial charge in [-0.25, -0.2) is 0 Å². The highest BCUT2D eigenvalue weighted by molar-refractivity contribution is 5.92. The zero-order valence-electron chi connectivity index (χ0n) is 24.4. The minimum atomic E-state index is -0.0462. The van der Waals surface area contributed by atoms with Gasteiger partial charge < -0.3 is 33.3 Å². The Morgan fingerprint density at radius 2 is 1.39 bits per heavy atom. The van der Waals surface area contributed by atoms with Crippen molar-refractivity contribution in [2.24, 2.45) is 0 Å². The van der Waals surface area contributed by atoms with Gasteiger partial charge in [0, 0.05) is 56.1 Å². The highest BCUT2D eigenvalue weighted by Gasteiger charge is 2.21. The van der Waals surface area contributed by atoms with Crippen molar-refractivity contribution in [1.29, 1.82) is 0 Å². The van der Waals surface area contributed by atoms with Crippen LogP contribution >= 0.6 is 0 Å². The summed E-state index contributed by atoms with van der Waals surface area (Å²) in [7, 11) is 9.46. The predicted molar refractivity (Wildman–Crippen MR) is 156 cm³/mol. The lowest BCUT2D eigenvalue weighted by molar-refractivity contribution is -0.127. The monoisotopic (exact) mass is 563 g/mol. The van der Waals surface area contributed by atoms with E-state index in [-0.39, 0.29) is 5.91 Å². The van der Waals surface area contributed by atoms with E-state index in [2.05, 4.69) is 16.0 Å². The molecule has 0 N–H and O–H groups in total. The molecule has 10 nitrogen and oxygen atoms in total. The van der Waals surface area contributed by atoms with E-state index in [1.54, 1.807) is 67.1 Å². The summed E-state index contributed by atoms with van der Waals surface area (Å²) in [4.78, 5) is 21.7. The molecule has 2 aromatic carbocycles. The number of ether oxygens (including phenoxy) is 6. The first kappa shape index (κ1) is 29.5. The van der Waals surface area contributed by atoms with Crippen molar-refractivity contribution in [2.75, 3.05) is 68.8 Å². The van der Waals surface area contributed by atoms with Crippen molar-refractivity contribution in [3.05, 3.63) is 59.8 Å². The Morgan fingerprint density at radius 1 is 0.756 bits per heavy atom. The Morgan fingerprint density at radius 3 is 1.98 bits per heavy atom. The number of rotatable bonds is 11. The molecule has 1 saturated heterocycles. The van der Waals surface area contributed by atoms with Crippen LogP contribution in [0.2, 0.25) is 0 Å². The zero-order valence-corrected chi connectivity index (χ0v) is 24.4. The second-order valence-electron chi connectivity index (χ2n) is 9.32. The van der Waals surface area contributed by atoms with Crippen LogP contribution in [0.1, 0.15) is 11.1 Å². The molecule has 0 saturated carbocycles. The number of carbonyl (C=O) groups is 1. The summed E-state index contributed by atoms with van der Waals surface area (Å²) in [6, 6.07) is 11.5. The van der Waals surface area contributed by atoms with E-state index in [0.717, 1.165) is 42.0 Å². The minimum absolute atomic E-state index is 0.0462. The summed E-state index contributed by atoms with van der Waals surface area (Å²) < 4.78 is 32.7. The topological polar surface area (TPSA) is 91.8 Å². The van der Waals surface area contributed by atoms with Crippen LogP contribution in [0, 0.1) is 0 Å². The summed E-state index contributed by atoms with van der Waals surface area (Å²) in [6.07, 6.45) is 5.13. The van der Waals surface area contributed by atoms with Crippen molar-refractivity contribution >= 4 is 12.0 Å². The largest absolute Gasteiger partial charge is 0.493 e. The molecule has 0 atom stereocenters. The van der Waals surface area contributed by atoms with Crippen LogP contribution in [0.25, 0.3) is 17.3 Å². The average Bonchev–Trinajstić information content (AvgIpc) is 3.02. The van der Waals surface area contributed by atoms with Crippen molar-refractivity contribution in [3.63, 3.8) is 0 Å². The maximum absolute atomic E-state index is 13.0. The quantitative estimate of drug-likeness (QED) is 0.319.